The largest absolute Gasteiger partial charge is 0.497 e. The number of benzene rings is 1. The number of ether oxygens (including phenoxy) is 2. The number of hydrogen-bond donors (Lipinski definition) is 1. The molecular weight excluding hydrogens is 226 g/mol. The molecule has 1 fully saturated rings. The molecule has 2 rings (SSSR count). The molecule has 1 heterocycles. The van der Waals surface area contributed by atoms with E-state index >= 15 is 0 Å². The quantitative estimate of drug-likeness (QED) is 0.893. The molecule has 0 spiro atoms. The first kappa shape index (κ1) is 13.4. The smallest absolute Gasteiger partial charge is 0.119 e. The van der Waals surface area contributed by atoms with Gasteiger partial charge in [-0.3, -0.25) is 0 Å². The molecule has 0 amide bonds. The first-order chi connectivity index (χ1) is 8.67. The lowest BCUT2D eigenvalue weighted by molar-refractivity contribution is 0.0652. The highest BCUT2D eigenvalue weighted by Crippen LogP contribution is 2.26. The number of rotatable bonds is 3. The Labute approximate surface area is 109 Å². The van der Waals surface area contributed by atoms with E-state index in [1.165, 1.54) is 5.56 Å². The molecule has 3 nitrogen and oxygen atoms in total. The molecule has 0 aromatic heterocycles. The normalized spacial score (nSPS) is 28.7. The van der Waals surface area contributed by atoms with Gasteiger partial charge in [-0.05, 0) is 37.5 Å². The average molecular weight is 249 g/mol. The van der Waals surface area contributed by atoms with Crippen LogP contribution >= 0.6 is 0 Å². The topological polar surface area (TPSA) is 30.5 Å². The minimum atomic E-state index is 0.119. The Morgan fingerprint density at radius 1 is 1.50 bits per heavy atom. The van der Waals surface area contributed by atoms with Crippen LogP contribution in [-0.2, 0) is 4.74 Å². The van der Waals surface area contributed by atoms with E-state index in [9.17, 15) is 0 Å². The molecule has 1 saturated heterocycles. The van der Waals surface area contributed by atoms with E-state index in [2.05, 4.69) is 31.3 Å². The standard InChI is InChI=1S/C15H23NO2/c1-4-15(2)8-9-18-14(11-16-15)12-6-5-7-13(10-12)17-3/h5-7,10,14,16H,4,8-9,11H2,1-3H3. The molecule has 18 heavy (non-hydrogen) atoms. The number of nitrogens with one attached hydrogen (secondary N) is 1. The second-order valence-corrected chi connectivity index (χ2v) is 5.18. The Morgan fingerprint density at radius 2 is 2.33 bits per heavy atom. The van der Waals surface area contributed by atoms with Gasteiger partial charge in [0.25, 0.3) is 0 Å². The summed E-state index contributed by atoms with van der Waals surface area (Å²) in [5, 5.41) is 3.63. The van der Waals surface area contributed by atoms with Crippen LogP contribution in [0.4, 0.5) is 0 Å². The highest BCUT2D eigenvalue weighted by Gasteiger charge is 2.27. The highest BCUT2D eigenvalue weighted by atomic mass is 16.5. The highest BCUT2D eigenvalue weighted by molar-refractivity contribution is 5.30. The van der Waals surface area contributed by atoms with Crippen molar-refractivity contribution < 1.29 is 9.47 Å². The molecule has 0 radical (unpaired) electrons. The third-order valence-corrected chi connectivity index (χ3v) is 3.93. The monoisotopic (exact) mass is 249 g/mol. The Morgan fingerprint density at radius 3 is 3.06 bits per heavy atom. The third kappa shape index (κ3) is 3.03. The van der Waals surface area contributed by atoms with E-state index in [0.717, 1.165) is 31.7 Å². The van der Waals surface area contributed by atoms with Crippen molar-refractivity contribution >= 4 is 0 Å². The Bertz CT molecular complexity index is 394. The first-order valence-corrected chi connectivity index (χ1v) is 6.67. The van der Waals surface area contributed by atoms with Crippen LogP contribution in [0.3, 0.4) is 0 Å². The second-order valence-electron chi connectivity index (χ2n) is 5.18. The van der Waals surface area contributed by atoms with Gasteiger partial charge in [-0.15, -0.1) is 0 Å². The van der Waals surface area contributed by atoms with Crippen molar-refractivity contribution in [2.45, 2.75) is 38.3 Å². The van der Waals surface area contributed by atoms with Crippen LogP contribution in [0.2, 0.25) is 0 Å². The molecule has 100 valence electrons. The zero-order valence-corrected chi connectivity index (χ0v) is 11.5. The maximum absolute atomic E-state index is 5.97. The van der Waals surface area contributed by atoms with Gasteiger partial charge in [0.15, 0.2) is 0 Å². The van der Waals surface area contributed by atoms with E-state index < -0.39 is 0 Å². The number of hydrogen-bond acceptors (Lipinski definition) is 3. The molecule has 1 aromatic carbocycles. The summed E-state index contributed by atoms with van der Waals surface area (Å²) in [6, 6.07) is 8.13. The van der Waals surface area contributed by atoms with E-state index in [1.54, 1.807) is 7.11 Å². The zero-order valence-electron chi connectivity index (χ0n) is 11.5. The van der Waals surface area contributed by atoms with E-state index in [-0.39, 0.29) is 11.6 Å². The van der Waals surface area contributed by atoms with Gasteiger partial charge >= 0.3 is 0 Å². The van der Waals surface area contributed by atoms with Gasteiger partial charge < -0.3 is 14.8 Å². The Hall–Kier alpha value is -1.06. The van der Waals surface area contributed by atoms with Crippen molar-refractivity contribution in [3.8, 4) is 5.75 Å². The van der Waals surface area contributed by atoms with E-state index in [4.69, 9.17) is 9.47 Å². The molecule has 0 bridgehead atoms. The van der Waals surface area contributed by atoms with Crippen LogP contribution in [0.5, 0.6) is 5.75 Å². The van der Waals surface area contributed by atoms with Crippen LogP contribution in [0.1, 0.15) is 38.4 Å². The molecular formula is C15H23NO2. The van der Waals surface area contributed by atoms with Crippen molar-refractivity contribution in [3.63, 3.8) is 0 Å². The van der Waals surface area contributed by atoms with Crippen LogP contribution in [0, 0.1) is 0 Å². The summed E-state index contributed by atoms with van der Waals surface area (Å²) in [4.78, 5) is 0. The molecule has 1 aromatic rings. The fourth-order valence-electron chi connectivity index (χ4n) is 2.27. The lowest BCUT2D eigenvalue weighted by atomic mass is 9.95. The fraction of sp³-hybridized carbons (Fsp3) is 0.600. The molecule has 2 atom stereocenters. The summed E-state index contributed by atoms with van der Waals surface area (Å²) in [6.45, 7) is 6.15. The summed E-state index contributed by atoms with van der Waals surface area (Å²) in [6.07, 6.45) is 2.30. The summed E-state index contributed by atoms with van der Waals surface area (Å²) >= 11 is 0. The second kappa shape index (κ2) is 5.72. The molecule has 1 aliphatic rings. The van der Waals surface area contributed by atoms with Gasteiger partial charge in [0, 0.05) is 18.7 Å². The predicted octanol–water partition coefficient (Wildman–Crippen LogP) is 2.91. The lowest BCUT2D eigenvalue weighted by Gasteiger charge is -2.27. The van der Waals surface area contributed by atoms with E-state index in [0.29, 0.717) is 0 Å². The Balaban J connectivity index is 2.09. The fourth-order valence-corrected chi connectivity index (χ4v) is 2.27. The molecule has 2 unspecified atom stereocenters. The van der Waals surface area contributed by atoms with Crippen molar-refractivity contribution in [1.82, 2.24) is 5.32 Å². The molecule has 3 heteroatoms. The van der Waals surface area contributed by atoms with Gasteiger partial charge in [0.2, 0.25) is 0 Å². The number of methoxy groups -OCH3 is 1. The third-order valence-electron chi connectivity index (χ3n) is 3.93. The Kier molecular flexibility index (Phi) is 4.25. The summed E-state index contributed by atoms with van der Waals surface area (Å²) < 4.78 is 11.2. The van der Waals surface area contributed by atoms with Gasteiger partial charge in [-0.1, -0.05) is 19.1 Å². The lowest BCUT2D eigenvalue weighted by Crippen LogP contribution is -2.42. The van der Waals surface area contributed by atoms with Crippen molar-refractivity contribution in [2.24, 2.45) is 0 Å². The minimum Gasteiger partial charge on any atom is -0.497 e. The van der Waals surface area contributed by atoms with Crippen LogP contribution in [-0.4, -0.2) is 25.8 Å². The summed E-state index contributed by atoms with van der Waals surface area (Å²) in [5.41, 5.74) is 1.38. The zero-order chi connectivity index (χ0) is 13.0. The van der Waals surface area contributed by atoms with Crippen LogP contribution in [0.25, 0.3) is 0 Å². The predicted molar refractivity (Wildman–Crippen MR) is 73.0 cm³/mol. The minimum absolute atomic E-state index is 0.119. The summed E-state index contributed by atoms with van der Waals surface area (Å²) in [7, 11) is 1.69. The molecule has 1 aliphatic heterocycles. The SMILES string of the molecule is CCC1(C)CCOC(c2cccc(OC)c2)CN1. The summed E-state index contributed by atoms with van der Waals surface area (Å²) in [5.74, 6) is 0.888. The van der Waals surface area contributed by atoms with Crippen LogP contribution in [0.15, 0.2) is 24.3 Å². The maximum Gasteiger partial charge on any atom is 0.119 e. The van der Waals surface area contributed by atoms with Gasteiger partial charge in [0.1, 0.15) is 5.75 Å². The van der Waals surface area contributed by atoms with Crippen LogP contribution < -0.4 is 10.1 Å². The molecule has 1 N–H and O–H groups in total. The average Bonchev–Trinajstić information content (AvgIpc) is 2.62. The van der Waals surface area contributed by atoms with E-state index in [1.807, 2.05) is 12.1 Å². The van der Waals surface area contributed by atoms with Gasteiger partial charge in [-0.2, -0.15) is 0 Å². The van der Waals surface area contributed by atoms with Crippen molar-refractivity contribution in [3.05, 3.63) is 29.8 Å². The first-order valence-electron chi connectivity index (χ1n) is 6.67. The maximum atomic E-state index is 5.97. The van der Waals surface area contributed by atoms with Gasteiger partial charge in [0.05, 0.1) is 13.2 Å². The van der Waals surface area contributed by atoms with Crippen molar-refractivity contribution in [2.75, 3.05) is 20.3 Å². The van der Waals surface area contributed by atoms with Gasteiger partial charge in [-0.25, -0.2) is 0 Å². The molecule has 0 aliphatic carbocycles. The molecule has 0 saturated carbocycles. The van der Waals surface area contributed by atoms with Crippen molar-refractivity contribution in [1.29, 1.82) is 0 Å².